The third-order valence-electron chi connectivity index (χ3n) is 15.4. The number of quaternary nitrogens is 2. The van der Waals surface area contributed by atoms with Gasteiger partial charge in [-0.2, -0.15) is 0 Å². The van der Waals surface area contributed by atoms with Gasteiger partial charge in [0.25, 0.3) is 0 Å². The molecule has 0 amide bonds. The molecule has 8 nitrogen and oxygen atoms in total. The number of fused-ring (bicyclic) bond motifs is 6. The van der Waals surface area contributed by atoms with Crippen LogP contribution in [0.5, 0.6) is 0 Å². The van der Waals surface area contributed by atoms with Crippen LogP contribution in [0.15, 0.2) is 109 Å². The lowest BCUT2D eigenvalue weighted by molar-refractivity contribution is -0.887. The zero-order chi connectivity index (χ0) is 46.8. The molecule has 2 fully saturated rings. The maximum atomic E-state index is 6.55. The zero-order valence-electron chi connectivity index (χ0n) is 41.8. The molecule has 4 aliphatic heterocycles. The van der Waals surface area contributed by atoms with E-state index in [0.29, 0.717) is 0 Å². The molecule has 4 aromatic carbocycles. The molecule has 0 radical (unpaired) electrons. The van der Waals surface area contributed by atoms with Gasteiger partial charge in [-0.15, -0.1) is 0 Å². The lowest BCUT2D eigenvalue weighted by atomic mass is 9.77. The van der Waals surface area contributed by atoms with Gasteiger partial charge in [-0.05, 0) is 70.8 Å². The van der Waals surface area contributed by atoms with E-state index in [0.717, 1.165) is 48.4 Å². The van der Waals surface area contributed by atoms with E-state index in [1.165, 1.54) is 95.5 Å². The second kappa shape index (κ2) is 19.6. The van der Waals surface area contributed by atoms with Crippen LogP contribution in [-0.2, 0) is 20.3 Å². The van der Waals surface area contributed by atoms with Crippen LogP contribution in [0.1, 0.15) is 62.8 Å². The molecule has 0 aliphatic carbocycles. The van der Waals surface area contributed by atoms with Crippen LogP contribution in [0.3, 0.4) is 0 Å². The van der Waals surface area contributed by atoms with E-state index in [9.17, 15) is 0 Å². The van der Waals surface area contributed by atoms with Crippen molar-refractivity contribution in [1.82, 2.24) is 0 Å². The first-order chi connectivity index (χ1) is 31.5. The van der Waals surface area contributed by atoms with E-state index in [4.69, 9.17) is 9.47 Å². The molecule has 4 aromatic rings. The van der Waals surface area contributed by atoms with Gasteiger partial charge in [0.1, 0.15) is 0 Å². The summed E-state index contributed by atoms with van der Waals surface area (Å²) < 4.78 is 15.2. The Labute approximate surface area is 406 Å². The van der Waals surface area contributed by atoms with E-state index < -0.39 is 11.4 Å². The molecule has 2 unspecified atom stereocenters. The van der Waals surface area contributed by atoms with Gasteiger partial charge < -0.3 is 38.0 Å². The minimum absolute atomic E-state index is 0.136. The summed E-state index contributed by atoms with van der Waals surface area (Å²) in [6.45, 7) is 19.4. The van der Waals surface area contributed by atoms with Crippen molar-refractivity contribution in [1.29, 1.82) is 0 Å². The summed E-state index contributed by atoms with van der Waals surface area (Å²) >= 11 is 0. The third kappa shape index (κ3) is 9.70. The van der Waals surface area contributed by atoms with Crippen LogP contribution in [0, 0.1) is 0 Å². The second-order valence-corrected chi connectivity index (χ2v) is 24.2. The Hall–Kier alpha value is -3.90. The Morgan fingerprint density at radius 1 is 0.545 bits per heavy atom. The zero-order valence-corrected chi connectivity index (χ0v) is 43.4. The fourth-order valence-corrected chi connectivity index (χ4v) is 13.5. The van der Waals surface area contributed by atoms with Gasteiger partial charge in [-0.3, -0.25) is 0 Å². The molecule has 2 saturated heterocycles. The molecular weight excluding hydrogens is 853 g/mol. The first-order valence-corrected chi connectivity index (χ1v) is 26.9. The quantitative estimate of drug-likeness (QED) is 0.0464. The molecule has 354 valence electrons. The average Bonchev–Trinajstić information content (AvgIpc) is 4.03. The molecule has 66 heavy (non-hydrogen) atoms. The monoisotopic (exact) mass is 931 g/mol. The van der Waals surface area contributed by atoms with Gasteiger partial charge in [0.05, 0.1) is 79.1 Å². The number of benzene rings is 4. The fourth-order valence-electron chi connectivity index (χ4n) is 11.0. The summed E-state index contributed by atoms with van der Waals surface area (Å²) in [7, 11) is 18.1. The van der Waals surface area contributed by atoms with Gasteiger partial charge in [0, 0.05) is 86.7 Å². The highest BCUT2D eigenvalue weighted by atomic mass is 33.1. The molecule has 4 aliphatic rings. The molecule has 10 heteroatoms. The van der Waals surface area contributed by atoms with Crippen molar-refractivity contribution >= 4 is 56.5 Å². The minimum Gasteiger partial charge on any atom is -0.374 e. The first-order valence-electron chi connectivity index (χ1n) is 24.4. The van der Waals surface area contributed by atoms with E-state index in [1.807, 2.05) is 0 Å². The first kappa shape index (κ1) is 48.6. The number of ether oxygens (including phenoxy) is 2. The maximum absolute atomic E-state index is 6.55. The minimum atomic E-state index is -0.449. The Morgan fingerprint density at radius 3 is 1.32 bits per heavy atom. The Bertz CT molecular complexity index is 2160. The van der Waals surface area contributed by atoms with Crippen molar-refractivity contribution < 1.29 is 18.4 Å². The van der Waals surface area contributed by atoms with Crippen LogP contribution in [0.25, 0.3) is 12.2 Å². The number of hydrogen-bond donors (Lipinski definition) is 0. The Kier molecular flexibility index (Phi) is 14.4. The lowest BCUT2D eigenvalue weighted by Crippen LogP contribution is -2.51. The summed E-state index contributed by atoms with van der Waals surface area (Å²) in [5, 5.41) is 0. The van der Waals surface area contributed by atoms with Crippen molar-refractivity contribution in [3.05, 3.63) is 131 Å². The summed E-state index contributed by atoms with van der Waals surface area (Å²) in [4.78, 5) is 9.71. The second-order valence-electron chi connectivity index (χ2n) is 21.5. The van der Waals surface area contributed by atoms with Crippen LogP contribution in [0.4, 0.5) is 22.7 Å². The van der Waals surface area contributed by atoms with Crippen molar-refractivity contribution in [3.63, 3.8) is 0 Å². The fraction of sp³-hybridized carbons (Fsp3) is 0.500. The molecule has 0 bridgehead atoms. The molecule has 2 atom stereocenters. The number of anilines is 4. The molecule has 0 saturated carbocycles. The van der Waals surface area contributed by atoms with Crippen molar-refractivity contribution in [2.24, 2.45) is 0 Å². The summed E-state index contributed by atoms with van der Waals surface area (Å²) in [6.07, 6.45) is 11.4. The molecule has 8 rings (SSSR count). The predicted molar refractivity (Wildman–Crippen MR) is 286 cm³/mol. The summed E-state index contributed by atoms with van der Waals surface area (Å²) in [5.74, 6) is 2.37. The standard InChI is InChI=1S/C56H78N6O2S2/c1-53(2)49-17-11-13-19-51(49)59-35-41-63-55(53,59)31-29-45-21-25-47(26-22-45)57(5)33-15-37-61(7,8)39-43-65-66-44-40-62(9,10)38-16-34-58(6)48-27-23-46(24-28-48)30-32-56-54(3,4)50-18-12-14-20-52(50)60(56)36-42-64-56/h11-14,17-32H,15-16,33-44H2,1-10H3/q+2. The van der Waals surface area contributed by atoms with Crippen LogP contribution < -0.4 is 19.6 Å². The summed E-state index contributed by atoms with van der Waals surface area (Å²) in [6, 6.07) is 35.6. The molecular formula is C56H78N6O2S2+2. The summed E-state index contributed by atoms with van der Waals surface area (Å²) in [5.41, 5.74) is 9.10. The molecule has 0 aromatic heterocycles. The van der Waals surface area contributed by atoms with E-state index in [-0.39, 0.29) is 10.8 Å². The third-order valence-corrected chi connectivity index (χ3v) is 17.8. The molecule has 0 N–H and O–H groups in total. The van der Waals surface area contributed by atoms with Crippen LogP contribution >= 0.6 is 21.6 Å². The van der Waals surface area contributed by atoms with Gasteiger partial charge in [0.2, 0.25) is 0 Å². The number of rotatable bonds is 21. The average molecular weight is 931 g/mol. The van der Waals surface area contributed by atoms with Crippen LogP contribution in [0.2, 0.25) is 0 Å². The highest BCUT2D eigenvalue weighted by Gasteiger charge is 2.60. The van der Waals surface area contributed by atoms with E-state index >= 15 is 0 Å². The highest BCUT2D eigenvalue weighted by molar-refractivity contribution is 8.76. The van der Waals surface area contributed by atoms with Crippen LogP contribution in [-0.4, -0.2) is 140 Å². The largest absolute Gasteiger partial charge is 0.374 e. The SMILES string of the molecule is CN(CCC[N+](C)(C)CCSSCC[N+](C)(C)CCCN(C)c1ccc(C=CC23OCCN2c2ccccc2C3(C)C)cc1)c1ccc(C=CC23OCCN2c2ccccc2C3(C)C)cc1. The number of para-hydroxylation sites is 2. The molecule has 0 spiro atoms. The molecule has 4 heterocycles. The van der Waals surface area contributed by atoms with Gasteiger partial charge >= 0.3 is 0 Å². The van der Waals surface area contributed by atoms with Crippen molar-refractivity contribution in [2.75, 3.05) is 139 Å². The van der Waals surface area contributed by atoms with Gasteiger partial charge in [-0.1, -0.05) is 122 Å². The lowest BCUT2D eigenvalue weighted by Gasteiger charge is -2.39. The maximum Gasteiger partial charge on any atom is 0.170 e. The van der Waals surface area contributed by atoms with E-state index in [2.05, 4.69) is 233 Å². The number of nitrogens with zero attached hydrogens (tertiary/aromatic N) is 6. The van der Waals surface area contributed by atoms with E-state index in [1.54, 1.807) is 0 Å². The smallest absolute Gasteiger partial charge is 0.170 e. The normalized spacial score (nSPS) is 21.7. The predicted octanol–water partition coefficient (Wildman–Crippen LogP) is 10.6. The topological polar surface area (TPSA) is 31.4 Å². The Morgan fingerprint density at radius 2 is 0.924 bits per heavy atom. The highest BCUT2D eigenvalue weighted by Crippen LogP contribution is 2.56. The Balaban J connectivity index is 0.695. The number of hydrogen-bond acceptors (Lipinski definition) is 8. The van der Waals surface area contributed by atoms with Crippen molar-refractivity contribution in [2.45, 2.75) is 62.8 Å². The van der Waals surface area contributed by atoms with Gasteiger partial charge in [0.15, 0.2) is 11.4 Å². The van der Waals surface area contributed by atoms with Gasteiger partial charge in [-0.25, -0.2) is 0 Å². The van der Waals surface area contributed by atoms with Crippen molar-refractivity contribution in [3.8, 4) is 0 Å².